The summed E-state index contributed by atoms with van der Waals surface area (Å²) in [4.78, 5) is 12.5. The molecule has 0 saturated heterocycles. The van der Waals surface area contributed by atoms with Gasteiger partial charge in [-0.2, -0.15) is 10.2 Å². The van der Waals surface area contributed by atoms with E-state index in [1.807, 2.05) is 41.9 Å². The highest BCUT2D eigenvalue weighted by Crippen LogP contribution is 2.63. The van der Waals surface area contributed by atoms with Crippen LogP contribution < -0.4 is 5.43 Å². The number of hydrogen-bond acceptors (Lipinski definition) is 3. The van der Waals surface area contributed by atoms with Gasteiger partial charge in [-0.25, -0.2) is 10.1 Å². The number of rotatable bonds is 3. The van der Waals surface area contributed by atoms with Crippen molar-refractivity contribution >= 4 is 11.6 Å². The Bertz CT molecular complexity index is 878. The molecule has 0 radical (unpaired) electrons. The highest BCUT2D eigenvalue weighted by atomic mass is 16.2. The van der Waals surface area contributed by atoms with Crippen LogP contribution in [0.2, 0.25) is 0 Å². The van der Waals surface area contributed by atoms with Gasteiger partial charge in [0.2, 0.25) is 0 Å². The van der Waals surface area contributed by atoms with Gasteiger partial charge in [0, 0.05) is 28.6 Å². The molecule has 1 amide bonds. The maximum atomic E-state index is 12.5. The molecule has 2 aliphatic rings. The lowest BCUT2D eigenvalue weighted by atomic mass is 9.70. The first-order valence-corrected chi connectivity index (χ1v) is 9.31. The Hall–Kier alpha value is -2.43. The molecule has 0 aliphatic heterocycles. The van der Waals surface area contributed by atoms with Crippen molar-refractivity contribution in [2.45, 2.75) is 47.0 Å². The van der Waals surface area contributed by atoms with Crippen LogP contribution in [0, 0.1) is 23.7 Å². The van der Waals surface area contributed by atoms with Crippen LogP contribution in [0.15, 0.2) is 41.6 Å². The summed E-state index contributed by atoms with van der Waals surface area (Å²) in [5.74, 6) is 0.519. The smallest absolute Gasteiger partial charge is 0.267 e. The summed E-state index contributed by atoms with van der Waals surface area (Å²) in [6, 6.07) is 9.40. The van der Waals surface area contributed by atoms with Gasteiger partial charge >= 0.3 is 0 Å². The van der Waals surface area contributed by atoms with Crippen molar-refractivity contribution in [3.05, 3.63) is 47.8 Å². The number of fused-ring (bicyclic) bond motifs is 2. The summed E-state index contributed by atoms with van der Waals surface area (Å²) in [6.07, 6.45) is 5.20. The molecule has 1 aromatic carbocycles. The lowest BCUT2D eigenvalue weighted by Crippen LogP contribution is -2.34. The Morgan fingerprint density at radius 3 is 2.50 bits per heavy atom. The van der Waals surface area contributed by atoms with Crippen LogP contribution in [-0.2, 0) is 0 Å². The standard InChI is InChI=1S/C21H26N4O/c1-14-10-12-22-25(14)17-7-5-15(6-8-17)19(26)24-23-18-13-16-9-11-21(18,4)20(16,2)3/h5-8,10,12,16H,9,11,13H2,1-4H3,(H,24,26)/b23-18-/t16-,21-/m1/s1. The van der Waals surface area contributed by atoms with Crippen LogP contribution in [0.4, 0.5) is 0 Å². The molecule has 136 valence electrons. The number of benzene rings is 1. The van der Waals surface area contributed by atoms with E-state index in [2.05, 4.69) is 36.4 Å². The van der Waals surface area contributed by atoms with E-state index in [0.29, 0.717) is 11.5 Å². The number of carbonyl (C=O) groups is 1. The van der Waals surface area contributed by atoms with E-state index in [-0.39, 0.29) is 16.7 Å². The van der Waals surface area contributed by atoms with E-state index in [1.165, 1.54) is 6.42 Å². The zero-order chi connectivity index (χ0) is 18.5. The molecule has 26 heavy (non-hydrogen) atoms. The maximum absolute atomic E-state index is 12.5. The lowest BCUT2D eigenvalue weighted by molar-refractivity contribution is 0.0954. The number of carbonyl (C=O) groups excluding carboxylic acids is 1. The SMILES string of the molecule is Cc1ccnn1-c1ccc(C(=O)N/N=C2/C[C@H]3CC[C@@]2(C)C3(C)C)cc1. The third-order valence-electron chi connectivity index (χ3n) is 7.01. The molecule has 1 N–H and O–H groups in total. The Kier molecular flexibility index (Phi) is 3.79. The first-order valence-electron chi connectivity index (χ1n) is 9.31. The third-order valence-corrected chi connectivity index (χ3v) is 7.01. The van der Waals surface area contributed by atoms with E-state index >= 15 is 0 Å². The minimum atomic E-state index is -0.162. The third kappa shape index (κ3) is 2.41. The number of nitrogens with one attached hydrogen (secondary N) is 1. The van der Waals surface area contributed by atoms with Gasteiger partial charge in [-0.1, -0.05) is 20.8 Å². The van der Waals surface area contributed by atoms with Crippen molar-refractivity contribution in [1.29, 1.82) is 0 Å². The molecule has 5 nitrogen and oxygen atoms in total. The summed E-state index contributed by atoms with van der Waals surface area (Å²) in [5, 5.41) is 8.82. The van der Waals surface area contributed by atoms with Crippen molar-refractivity contribution < 1.29 is 4.79 Å². The van der Waals surface area contributed by atoms with Crippen molar-refractivity contribution in [3.8, 4) is 5.69 Å². The summed E-state index contributed by atoms with van der Waals surface area (Å²) in [5.41, 5.74) is 6.90. The summed E-state index contributed by atoms with van der Waals surface area (Å²) in [6.45, 7) is 8.98. The largest absolute Gasteiger partial charge is 0.271 e. The monoisotopic (exact) mass is 350 g/mol. The summed E-state index contributed by atoms with van der Waals surface area (Å²) in [7, 11) is 0. The topological polar surface area (TPSA) is 59.3 Å². The zero-order valence-electron chi connectivity index (χ0n) is 15.9. The van der Waals surface area contributed by atoms with E-state index < -0.39 is 0 Å². The highest BCUT2D eigenvalue weighted by molar-refractivity contribution is 5.98. The van der Waals surface area contributed by atoms with E-state index in [1.54, 1.807) is 6.20 Å². The molecule has 4 rings (SSSR count). The summed E-state index contributed by atoms with van der Waals surface area (Å²) >= 11 is 0. The highest BCUT2D eigenvalue weighted by Gasteiger charge is 2.60. The average molecular weight is 350 g/mol. The Morgan fingerprint density at radius 1 is 1.23 bits per heavy atom. The van der Waals surface area contributed by atoms with Crippen LogP contribution in [0.5, 0.6) is 0 Å². The van der Waals surface area contributed by atoms with E-state index in [4.69, 9.17) is 0 Å². The van der Waals surface area contributed by atoms with Crippen molar-refractivity contribution in [2.24, 2.45) is 21.8 Å². The van der Waals surface area contributed by atoms with Gasteiger partial charge in [0.05, 0.1) is 5.69 Å². The van der Waals surface area contributed by atoms with E-state index in [9.17, 15) is 4.79 Å². The molecule has 2 aromatic rings. The molecule has 2 bridgehead atoms. The quantitative estimate of drug-likeness (QED) is 0.847. The summed E-state index contributed by atoms with van der Waals surface area (Å²) < 4.78 is 1.85. The molecule has 0 unspecified atom stereocenters. The minimum absolute atomic E-state index is 0.104. The van der Waals surface area contributed by atoms with Gasteiger partial charge in [-0.15, -0.1) is 0 Å². The number of hydrazone groups is 1. The van der Waals surface area contributed by atoms with Gasteiger partial charge in [-0.3, -0.25) is 4.79 Å². The first-order chi connectivity index (χ1) is 12.3. The van der Waals surface area contributed by atoms with Gasteiger partial charge in [0.15, 0.2) is 0 Å². The fraction of sp³-hybridized carbons (Fsp3) is 0.476. The van der Waals surface area contributed by atoms with Crippen LogP contribution in [-0.4, -0.2) is 21.4 Å². The fourth-order valence-corrected chi connectivity index (χ4v) is 4.67. The van der Waals surface area contributed by atoms with Crippen molar-refractivity contribution in [1.82, 2.24) is 15.2 Å². The molecule has 2 fully saturated rings. The second-order valence-corrected chi connectivity index (χ2v) is 8.42. The molecule has 0 spiro atoms. The lowest BCUT2D eigenvalue weighted by Gasteiger charge is -2.34. The van der Waals surface area contributed by atoms with Crippen LogP contribution >= 0.6 is 0 Å². The van der Waals surface area contributed by atoms with Crippen molar-refractivity contribution in [3.63, 3.8) is 0 Å². The predicted octanol–water partition coefficient (Wildman–Crippen LogP) is 4.11. The molecular formula is C21H26N4O. The van der Waals surface area contributed by atoms with Gasteiger partial charge in [0.1, 0.15) is 0 Å². The maximum Gasteiger partial charge on any atom is 0.271 e. The number of aryl methyl sites for hydroxylation is 1. The second-order valence-electron chi connectivity index (χ2n) is 8.42. The number of amides is 1. The molecule has 5 heteroatoms. The Balaban J connectivity index is 1.49. The molecular weight excluding hydrogens is 324 g/mol. The second kappa shape index (κ2) is 5.79. The van der Waals surface area contributed by atoms with Crippen LogP contribution in [0.25, 0.3) is 5.69 Å². The first kappa shape index (κ1) is 17.0. The number of hydrogen-bond donors (Lipinski definition) is 1. The number of nitrogens with zero attached hydrogens (tertiary/aromatic N) is 3. The van der Waals surface area contributed by atoms with E-state index in [0.717, 1.165) is 29.9 Å². The molecule has 1 aromatic heterocycles. The molecule has 2 saturated carbocycles. The predicted molar refractivity (Wildman–Crippen MR) is 102 cm³/mol. The normalized spacial score (nSPS) is 27.8. The average Bonchev–Trinajstić information content (AvgIpc) is 3.20. The van der Waals surface area contributed by atoms with Crippen LogP contribution in [0.1, 0.15) is 56.1 Å². The van der Waals surface area contributed by atoms with Gasteiger partial charge in [0.25, 0.3) is 5.91 Å². The van der Waals surface area contributed by atoms with Gasteiger partial charge < -0.3 is 0 Å². The Morgan fingerprint density at radius 2 is 1.96 bits per heavy atom. The number of aromatic nitrogens is 2. The fourth-order valence-electron chi connectivity index (χ4n) is 4.67. The molecule has 2 atom stereocenters. The Labute approximate surface area is 154 Å². The molecule has 1 heterocycles. The van der Waals surface area contributed by atoms with Crippen molar-refractivity contribution in [2.75, 3.05) is 0 Å². The van der Waals surface area contributed by atoms with Gasteiger partial charge in [-0.05, 0) is 67.9 Å². The zero-order valence-corrected chi connectivity index (χ0v) is 15.9. The molecule has 2 aliphatic carbocycles. The van der Waals surface area contributed by atoms with Crippen LogP contribution in [0.3, 0.4) is 0 Å². The minimum Gasteiger partial charge on any atom is -0.267 e.